The molecule has 1 aromatic heterocycles. The first kappa shape index (κ1) is 16.0. The summed E-state index contributed by atoms with van der Waals surface area (Å²) < 4.78 is 1.08. The fraction of sp³-hybridized carbons (Fsp3) is 0.211. The van der Waals surface area contributed by atoms with Crippen LogP contribution in [0.4, 0.5) is 23.1 Å². The molecule has 1 atom stereocenters. The topological polar surface area (TPSA) is 53.9 Å². The Morgan fingerprint density at radius 3 is 2.88 bits per heavy atom. The lowest BCUT2D eigenvalue weighted by atomic mass is 10.1. The number of fused-ring (bicyclic) bond motifs is 1. The third-order valence-electron chi connectivity index (χ3n) is 4.41. The van der Waals surface area contributed by atoms with Crippen molar-refractivity contribution in [3.63, 3.8) is 0 Å². The molecule has 3 aromatic rings. The molecule has 0 bridgehead atoms. The van der Waals surface area contributed by atoms with Crippen LogP contribution in [0.5, 0.6) is 0 Å². The van der Waals surface area contributed by atoms with Crippen LogP contribution in [0.15, 0.2) is 53.1 Å². The zero-order valence-electron chi connectivity index (χ0n) is 14.1. The molecule has 1 aliphatic rings. The Labute approximate surface area is 155 Å². The van der Waals surface area contributed by atoms with E-state index in [1.807, 2.05) is 25.1 Å². The summed E-state index contributed by atoms with van der Waals surface area (Å²) in [6.07, 6.45) is 2.73. The number of para-hydroxylation sites is 1. The maximum Gasteiger partial charge on any atom is 0.249 e. The van der Waals surface area contributed by atoms with E-state index in [1.165, 1.54) is 11.3 Å². The molecule has 0 spiro atoms. The summed E-state index contributed by atoms with van der Waals surface area (Å²) in [6, 6.07) is 14.8. The average Bonchev–Trinajstić information content (AvgIpc) is 2.94. The third kappa shape index (κ3) is 3.09. The molecule has 4 rings (SSSR count). The van der Waals surface area contributed by atoms with Crippen LogP contribution in [0, 0.1) is 6.92 Å². The number of halogens is 1. The van der Waals surface area contributed by atoms with Crippen molar-refractivity contribution < 1.29 is 0 Å². The van der Waals surface area contributed by atoms with Gasteiger partial charge in [0.1, 0.15) is 0 Å². The van der Waals surface area contributed by atoms with Crippen LogP contribution in [0.3, 0.4) is 0 Å². The molecule has 1 N–H and O–H groups in total. The van der Waals surface area contributed by atoms with Crippen LogP contribution in [0.2, 0.25) is 0 Å². The molecule has 1 unspecified atom stereocenters. The highest BCUT2D eigenvalue weighted by Gasteiger charge is 2.28. The second-order valence-electron chi connectivity index (χ2n) is 6.28. The van der Waals surface area contributed by atoms with E-state index >= 15 is 0 Å². The van der Waals surface area contributed by atoms with Gasteiger partial charge < -0.3 is 10.2 Å². The molecule has 0 saturated carbocycles. The van der Waals surface area contributed by atoms with Crippen molar-refractivity contribution in [2.75, 3.05) is 10.2 Å². The summed E-state index contributed by atoms with van der Waals surface area (Å²) in [5.41, 5.74) is 4.62. The van der Waals surface area contributed by atoms with E-state index in [1.54, 1.807) is 6.20 Å². The van der Waals surface area contributed by atoms with Gasteiger partial charge in [-0.05, 0) is 55.7 Å². The Morgan fingerprint density at radius 1 is 1.20 bits per heavy atom. The maximum absolute atomic E-state index is 4.68. The number of hydrogen-bond donors (Lipinski definition) is 1. The Hall–Kier alpha value is -2.47. The standard InChI is InChI=1S/C19H18BrN5/c1-12-9-15(7-8-16(12)20)22-19-23-18(11-21-24-19)25-13(2)10-14-5-3-4-6-17(14)25/h3-9,11,13H,10H2,1-2H3,(H,22,23,24). The number of benzene rings is 2. The molecule has 25 heavy (non-hydrogen) atoms. The van der Waals surface area contributed by atoms with Gasteiger partial charge in [-0.1, -0.05) is 34.1 Å². The van der Waals surface area contributed by atoms with Gasteiger partial charge >= 0.3 is 0 Å². The molecule has 0 aliphatic carbocycles. The average molecular weight is 396 g/mol. The highest BCUT2D eigenvalue weighted by molar-refractivity contribution is 9.10. The fourth-order valence-corrected chi connectivity index (χ4v) is 3.48. The lowest BCUT2D eigenvalue weighted by molar-refractivity contribution is 0.745. The van der Waals surface area contributed by atoms with Gasteiger partial charge in [0.25, 0.3) is 0 Å². The van der Waals surface area contributed by atoms with Crippen molar-refractivity contribution in [1.29, 1.82) is 0 Å². The number of nitrogens with one attached hydrogen (secondary N) is 1. The van der Waals surface area contributed by atoms with Crippen molar-refractivity contribution in [2.24, 2.45) is 0 Å². The summed E-state index contributed by atoms with van der Waals surface area (Å²) in [6.45, 7) is 4.25. The van der Waals surface area contributed by atoms with Crippen molar-refractivity contribution in [2.45, 2.75) is 26.3 Å². The number of nitrogens with zero attached hydrogens (tertiary/aromatic N) is 4. The third-order valence-corrected chi connectivity index (χ3v) is 5.30. The smallest absolute Gasteiger partial charge is 0.249 e. The molecule has 1 aliphatic heterocycles. The zero-order valence-corrected chi connectivity index (χ0v) is 15.7. The second-order valence-corrected chi connectivity index (χ2v) is 7.13. The SMILES string of the molecule is Cc1cc(Nc2nncc(N3c4ccccc4CC3C)n2)ccc1Br. The normalized spacial score (nSPS) is 16.0. The van der Waals surface area contributed by atoms with Crippen LogP contribution < -0.4 is 10.2 Å². The van der Waals surface area contributed by atoms with Crippen molar-refractivity contribution >= 4 is 39.1 Å². The monoisotopic (exact) mass is 395 g/mol. The number of aromatic nitrogens is 3. The van der Waals surface area contributed by atoms with Crippen molar-refractivity contribution in [1.82, 2.24) is 15.2 Å². The predicted octanol–water partition coefficient (Wildman–Crippen LogP) is 4.77. The lowest BCUT2D eigenvalue weighted by Crippen LogP contribution is -2.25. The molecular weight excluding hydrogens is 378 g/mol. The van der Waals surface area contributed by atoms with E-state index < -0.39 is 0 Å². The molecule has 0 amide bonds. The van der Waals surface area contributed by atoms with Crippen LogP contribution in [-0.2, 0) is 6.42 Å². The Bertz CT molecular complexity index is 927. The molecule has 2 aromatic carbocycles. The molecule has 126 valence electrons. The largest absolute Gasteiger partial charge is 0.323 e. The van der Waals surface area contributed by atoms with Gasteiger partial charge in [-0.25, -0.2) is 0 Å². The van der Waals surface area contributed by atoms with Gasteiger partial charge in [-0.2, -0.15) is 10.1 Å². The predicted molar refractivity (Wildman–Crippen MR) is 104 cm³/mol. The van der Waals surface area contributed by atoms with Crippen LogP contribution in [0.25, 0.3) is 0 Å². The van der Waals surface area contributed by atoms with Crippen LogP contribution >= 0.6 is 15.9 Å². The summed E-state index contributed by atoms with van der Waals surface area (Å²) in [5.74, 6) is 1.31. The minimum absolute atomic E-state index is 0.344. The Morgan fingerprint density at radius 2 is 2.04 bits per heavy atom. The Kier molecular flexibility index (Phi) is 4.13. The fourth-order valence-electron chi connectivity index (χ4n) is 3.23. The maximum atomic E-state index is 4.68. The van der Waals surface area contributed by atoms with Gasteiger partial charge in [-0.3, -0.25) is 0 Å². The first-order chi connectivity index (χ1) is 12.1. The van der Waals surface area contributed by atoms with Gasteiger partial charge in [0, 0.05) is 21.9 Å². The second kappa shape index (κ2) is 6.44. The van der Waals surface area contributed by atoms with Gasteiger partial charge in [0.15, 0.2) is 5.82 Å². The van der Waals surface area contributed by atoms with E-state index in [9.17, 15) is 0 Å². The summed E-state index contributed by atoms with van der Waals surface area (Å²) in [4.78, 5) is 6.91. The van der Waals surface area contributed by atoms with Crippen molar-refractivity contribution in [3.05, 3.63) is 64.3 Å². The Balaban J connectivity index is 1.65. The van der Waals surface area contributed by atoms with Gasteiger partial charge in [0.2, 0.25) is 5.95 Å². The molecule has 2 heterocycles. The quantitative estimate of drug-likeness (QED) is 0.691. The first-order valence-corrected chi connectivity index (χ1v) is 9.01. The number of aryl methyl sites for hydroxylation is 1. The summed E-state index contributed by atoms with van der Waals surface area (Å²) in [5, 5.41) is 11.5. The molecular formula is C19H18BrN5. The van der Waals surface area contributed by atoms with E-state index in [2.05, 4.69) is 72.5 Å². The van der Waals surface area contributed by atoms with Gasteiger partial charge in [-0.15, -0.1) is 5.10 Å². The molecule has 0 radical (unpaired) electrons. The summed E-state index contributed by atoms with van der Waals surface area (Å²) >= 11 is 3.52. The first-order valence-electron chi connectivity index (χ1n) is 8.22. The number of anilines is 4. The lowest BCUT2D eigenvalue weighted by Gasteiger charge is -2.23. The van der Waals surface area contributed by atoms with Crippen molar-refractivity contribution in [3.8, 4) is 0 Å². The number of hydrogen-bond acceptors (Lipinski definition) is 5. The van der Waals surface area contributed by atoms with Crippen LogP contribution in [-0.4, -0.2) is 21.2 Å². The van der Waals surface area contributed by atoms with E-state index in [-0.39, 0.29) is 0 Å². The van der Waals surface area contributed by atoms with Gasteiger partial charge in [0.05, 0.1) is 6.20 Å². The summed E-state index contributed by atoms with van der Waals surface area (Å²) in [7, 11) is 0. The molecule has 6 heteroatoms. The van der Waals surface area contributed by atoms with Crippen LogP contribution in [0.1, 0.15) is 18.1 Å². The molecule has 0 saturated heterocycles. The molecule has 0 fully saturated rings. The van der Waals surface area contributed by atoms with E-state index in [0.29, 0.717) is 12.0 Å². The zero-order chi connectivity index (χ0) is 17.4. The minimum atomic E-state index is 0.344. The van der Waals surface area contributed by atoms with E-state index in [4.69, 9.17) is 0 Å². The minimum Gasteiger partial charge on any atom is -0.323 e. The molecule has 5 nitrogen and oxygen atoms in total. The highest BCUT2D eigenvalue weighted by Crippen LogP contribution is 2.37. The number of rotatable bonds is 3. The van der Waals surface area contributed by atoms with E-state index in [0.717, 1.165) is 28.0 Å². The highest BCUT2D eigenvalue weighted by atomic mass is 79.9.